The molecule has 0 unspecified atom stereocenters. The molecule has 6 heteroatoms. The third-order valence-electron chi connectivity index (χ3n) is 2.97. The van der Waals surface area contributed by atoms with Crippen molar-refractivity contribution < 1.29 is 0 Å². The van der Waals surface area contributed by atoms with Crippen LogP contribution in [0.4, 0.5) is 5.82 Å². The molecule has 0 saturated heterocycles. The summed E-state index contributed by atoms with van der Waals surface area (Å²) in [7, 11) is 0. The predicted molar refractivity (Wildman–Crippen MR) is 72.3 cm³/mol. The first-order chi connectivity index (χ1) is 9.76. The van der Waals surface area contributed by atoms with Crippen LogP contribution in [-0.2, 0) is 0 Å². The van der Waals surface area contributed by atoms with E-state index in [1.54, 1.807) is 4.40 Å². The maximum atomic E-state index is 9.32. The van der Waals surface area contributed by atoms with Gasteiger partial charge in [-0.05, 0) is 0 Å². The van der Waals surface area contributed by atoms with E-state index in [2.05, 4.69) is 16.0 Å². The molecule has 0 spiro atoms. The highest BCUT2D eigenvalue weighted by Gasteiger charge is 2.17. The Balaban J connectivity index is 2.49. The van der Waals surface area contributed by atoms with Crippen molar-refractivity contribution in [3.8, 4) is 23.4 Å². The van der Waals surface area contributed by atoms with Crippen molar-refractivity contribution >= 4 is 11.5 Å². The summed E-state index contributed by atoms with van der Waals surface area (Å²) >= 11 is 0. The predicted octanol–water partition coefficient (Wildman–Crippen LogP) is 1.72. The average molecular weight is 260 g/mol. The molecule has 94 valence electrons. The molecule has 2 aromatic heterocycles. The number of rotatable bonds is 1. The van der Waals surface area contributed by atoms with Crippen LogP contribution < -0.4 is 5.73 Å². The summed E-state index contributed by atoms with van der Waals surface area (Å²) in [4.78, 5) is 8.09. The van der Waals surface area contributed by atoms with Crippen molar-refractivity contribution in [2.45, 2.75) is 0 Å². The zero-order chi connectivity index (χ0) is 14.1. The first-order valence-electron chi connectivity index (χ1n) is 5.78. The number of aromatic nitrogens is 3. The molecule has 3 rings (SSSR count). The molecular weight excluding hydrogens is 252 g/mol. The van der Waals surface area contributed by atoms with E-state index in [0.29, 0.717) is 11.3 Å². The van der Waals surface area contributed by atoms with Gasteiger partial charge in [-0.25, -0.2) is 9.97 Å². The van der Waals surface area contributed by atoms with Gasteiger partial charge in [-0.1, -0.05) is 30.3 Å². The van der Waals surface area contributed by atoms with E-state index >= 15 is 0 Å². The highest BCUT2D eigenvalue weighted by Crippen LogP contribution is 2.28. The molecule has 20 heavy (non-hydrogen) atoms. The third-order valence-corrected chi connectivity index (χ3v) is 2.97. The highest BCUT2D eigenvalue weighted by atomic mass is 15.1. The molecule has 3 aromatic rings. The Kier molecular flexibility index (Phi) is 2.56. The molecule has 0 radical (unpaired) electrons. The van der Waals surface area contributed by atoms with E-state index in [-0.39, 0.29) is 17.1 Å². The topological polar surface area (TPSA) is 104 Å². The lowest BCUT2D eigenvalue weighted by molar-refractivity contribution is 1.11. The summed E-state index contributed by atoms with van der Waals surface area (Å²) in [5.74, 6) is 0.0934. The minimum Gasteiger partial charge on any atom is -0.382 e. The molecule has 0 fully saturated rings. The second-order valence-electron chi connectivity index (χ2n) is 4.10. The van der Waals surface area contributed by atoms with Gasteiger partial charge in [-0.15, -0.1) is 0 Å². The normalized spacial score (nSPS) is 10.1. The fraction of sp³-hybridized carbons (Fsp3) is 0. The van der Waals surface area contributed by atoms with Gasteiger partial charge in [0, 0.05) is 5.56 Å². The van der Waals surface area contributed by atoms with Crippen molar-refractivity contribution in [1.29, 1.82) is 10.5 Å². The molecule has 6 nitrogen and oxygen atoms in total. The number of benzene rings is 1. The Morgan fingerprint density at radius 2 is 1.85 bits per heavy atom. The van der Waals surface area contributed by atoms with Crippen LogP contribution in [0.2, 0.25) is 0 Å². The van der Waals surface area contributed by atoms with Crippen LogP contribution in [0.1, 0.15) is 11.3 Å². The van der Waals surface area contributed by atoms with Gasteiger partial charge in [0.25, 0.3) is 0 Å². The average Bonchev–Trinajstić information content (AvgIpc) is 2.89. The molecule has 0 atom stereocenters. The molecule has 0 bridgehead atoms. The molecule has 0 saturated carbocycles. The summed E-state index contributed by atoms with van der Waals surface area (Å²) in [6.45, 7) is 0. The smallest absolute Gasteiger partial charge is 0.185 e. The van der Waals surface area contributed by atoms with E-state index in [1.807, 2.05) is 36.4 Å². The SMILES string of the molecule is N#Cc1c(N)nc2c(C#N)ncn2c1-c1ccccc1. The van der Waals surface area contributed by atoms with E-state index in [4.69, 9.17) is 11.0 Å². The van der Waals surface area contributed by atoms with E-state index in [0.717, 1.165) is 5.56 Å². The van der Waals surface area contributed by atoms with Crippen LogP contribution in [0.15, 0.2) is 36.7 Å². The van der Waals surface area contributed by atoms with Crippen LogP contribution in [0.5, 0.6) is 0 Å². The Morgan fingerprint density at radius 1 is 1.10 bits per heavy atom. The van der Waals surface area contributed by atoms with E-state index < -0.39 is 0 Å². The maximum Gasteiger partial charge on any atom is 0.185 e. The fourth-order valence-electron chi connectivity index (χ4n) is 2.09. The molecule has 0 aliphatic heterocycles. The van der Waals surface area contributed by atoms with Crippen LogP contribution in [0.3, 0.4) is 0 Å². The minimum atomic E-state index is 0.0934. The Labute approximate surface area is 114 Å². The number of anilines is 1. The van der Waals surface area contributed by atoms with Gasteiger partial charge in [0.2, 0.25) is 0 Å². The Morgan fingerprint density at radius 3 is 2.50 bits per heavy atom. The van der Waals surface area contributed by atoms with Gasteiger partial charge in [0.05, 0.1) is 5.69 Å². The number of nitrogens with zero attached hydrogens (tertiary/aromatic N) is 5. The number of imidazole rings is 1. The number of nitrogen functional groups attached to an aromatic ring is 1. The minimum absolute atomic E-state index is 0.0934. The van der Waals surface area contributed by atoms with Crippen molar-refractivity contribution in [2.24, 2.45) is 0 Å². The first kappa shape index (κ1) is 11.7. The van der Waals surface area contributed by atoms with Crippen LogP contribution >= 0.6 is 0 Å². The Bertz CT molecular complexity index is 880. The highest BCUT2D eigenvalue weighted by molar-refractivity contribution is 5.76. The fourth-order valence-corrected chi connectivity index (χ4v) is 2.09. The van der Waals surface area contributed by atoms with Gasteiger partial charge < -0.3 is 5.73 Å². The number of nitriles is 2. The third kappa shape index (κ3) is 1.57. The number of fused-ring (bicyclic) bond motifs is 1. The molecule has 2 heterocycles. The zero-order valence-corrected chi connectivity index (χ0v) is 10.3. The van der Waals surface area contributed by atoms with Gasteiger partial charge in [0.1, 0.15) is 29.8 Å². The second-order valence-corrected chi connectivity index (χ2v) is 4.10. The largest absolute Gasteiger partial charge is 0.382 e. The quantitative estimate of drug-likeness (QED) is 0.717. The van der Waals surface area contributed by atoms with Gasteiger partial charge in [-0.2, -0.15) is 10.5 Å². The lowest BCUT2D eigenvalue weighted by Crippen LogP contribution is -2.04. The van der Waals surface area contributed by atoms with E-state index in [1.165, 1.54) is 6.33 Å². The summed E-state index contributed by atoms with van der Waals surface area (Å²) in [5.41, 5.74) is 8.03. The summed E-state index contributed by atoms with van der Waals surface area (Å²) < 4.78 is 1.61. The second kappa shape index (κ2) is 4.38. The van der Waals surface area contributed by atoms with Gasteiger partial charge >= 0.3 is 0 Å². The first-order valence-corrected chi connectivity index (χ1v) is 5.78. The van der Waals surface area contributed by atoms with Gasteiger partial charge in [0.15, 0.2) is 11.3 Å². The standard InChI is InChI=1S/C14H8N6/c15-6-10-12(9-4-2-1-3-5-9)20-8-18-11(7-16)14(20)19-13(10)17/h1-5,8H,(H2,17,19). The summed E-state index contributed by atoms with van der Waals surface area (Å²) in [6, 6.07) is 13.4. The molecule has 0 amide bonds. The van der Waals surface area contributed by atoms with Crippen molar-refractivity contribution in [1.82, 2.24) is 14.4 Å². The number of nitrogens with two attached hydrogens (primary N) is 1. The Hall–Kier alpha value is -3.38. The van der Waals surface area contributed by atoms with Crippen LogP contribution in [0, 0.1) is 22.7 Å². The van der Waals surface area contributed by atoms with Gasteiger partial charge in [-0.3, -0.25) is 4.40 Å². The van der Waals surface area contributed by atoms with Crippen LogP contribution in [0.25, 0.3) is 16.9 Å². The van der Waals surface area contributed by atoms with E-state index in [9.17, 15) is 5.26 Å². The summed E-state index contributed by atoms with van der Waals surface area (Å²) in [6.07, 6.45) is 1.48. The molecule has 1 aromatic carbocycles. The van der Waals surface area contributed by atoms with Crippen molar-refractivity contribution in [3.63, 3.8) is 0 Å². The van der Waals surface area contributed by atoms with Crippen molar-refractivity contribution in [3.05, 3.63) is 47.9 Å². The lowest BCUT2D eigenvalue weighted by Gasteiger charge is -2.09. The molecular formula is C14H8N6. The maximum absolute atomic E-state index is 9.32. The molecule has 0 aliphatic rings. The number of hydrogen-bond donors (Lipinski definition) is 1. The lowest BCUT2D eigenvalue weighted by atomic mass is 10.1. The van der Waals surface area contributed by atoms with Crippen molar-refractivity contribution in [2.75, 3.05) is 5.73 Å². The zero-order valence-electron chi connectivity index (χ0n) is 10.3. The van der Waals surface area contributed by atoms with Crippen LogP contribution in [-0.4, -0.2) is 14.4 Å². The summed E-state index contributed by atoms with van der Waals surface area (Å²) in [5, 5.41) is 18.3. The number of hydrogen-bond acceptors (Lipinski definition) is 5. The molecule has 0 aliphatic carbocycles. The molecule has 2 N–H and O–H groups in total. The monoisotopic (exact) mass is 260 g/mol.